The van der Waals surface area contributed by atoms with Gasteiger partial charge in [-0.05, 0) is 35.4 Å². The van der Waals surface area contributed by atoms with Crippen LogP contribution in [-0.2, 0) is 4.79 Å². The summed E-state index contributed by atoms with van der Waals surface area (Å²) in [5, 5.41) is 3.76. The van der Waals surface area contributed by atoms with Gasteiger partial charge in [0.15, 0.2) is 0 Å². The van der Waals surface area contributed by atoms with Gasteiger partial charge in [-0.15, -0.1) is 0 Å². The first-order chi connectivity index (χ1) is 11.1. The Hall–Kier alpha value is -1.91. The fourth-order valence-corrected chi connectivity index (χ4v) is 2.93. The van der Waals surface area contributed by atoms with E-state index < -0.39 is 0 Å². The van der Waals surface area contributed by atoms with Gasteiger partial charge in [0.25, 0.3) is 0 Å². The van der Waals surface area contributed by atoms with Crippen molar-refractivity contribution in [1.29, 1.82) is 0 Å². The van der Waals surface area contributed by atoms with E-state index in [-0.39, 0.29) is 23.7 Å². The number of carbonyl (C=O) groups excluding carboxylic acids is 1. The highest BCUT2D eigenvalue weighted by Crippen LogP contribution is 2.30. The molecule has 0 bridgehead atoms. The van der Waals surface area contributed by atoms with Gasteiger partial charge in [0.05, 0.1) is 12.0 Å². The van der Waals surface area contributed by atoms with E-state index in [4.69, 9.17) is 11.6 Å². The molecule has 2 aromatic rings. The van der Waals surface area contributed by atoms with Gasteiger partial charge in [-0.25, -0.2) is 4.39 Å². The summed E-state index contributed by atoms with van der Waals surface area (Å²) in [7, 11) is 1.79. The monoisotopic (exact) mass is 332 g/mol. The van der Waals surface area contributed by atoms with Crippen LogP contribution in [0.4, 0.5) is 4.39 Å². The number of carbonyl (C=O) groups is 1. The van der Waals surface area contributed by atoms with Crippen LogP contribution in [0.15, 0.2) is 48.5 Å². The molecule has 23 heavy (non-hydrogen) atoms. The molecule has 2 aromatic carbocycles. The maximum atomic E-state index is 13.3. The van der Waals surface area contributed by atoms with Gasteiger partial charge in [-0.2, -0.15) is 0 Å². The fourth-order valence-electron chi connectivity index (χ4n) is 2.81. The highest BCUT2D eigenvalue weighted by Gasteiger charge is 2.32. The van der Waals surface area contributed by atoms with Gasteiger partial charge < -0.3 is 10.2 Å². The molecular formula is C18H18ClFN2O. The summed E-state index contributed by atoms with van der Waals surface area (Å²) < 4.78 is 13.3. The molecule has 3 nitrogen and oxygen atoms in total. The minimum absolute atomic E-state index is 0.00949. The highest BCUT2D eigenvalue weighted by molar-refractivity contribution is 6.30. The molecule has 0 aliphatic carbocycles. The number of hydrogen-bond acceptors (Lipinski definition) is 2. The summed E-state index contributed by atoms with van der Waals surface area (Å²) in [5.74, 6) is -0.191. The lowest BCUT2D eigenvalue weighted by molar-refractivity contribution is -0.137. The number of halogens is 2. The third kappa shape index (κ3) is 3.38. The van der Waals surface area contributed by atoms with Crippen LogP contribution in [0.1, 0.15) is 17.2 Å². The van der Waals surface area contributed by atoms with Crippen LogP contribution >= 0.6 is 11.6 Å². The Bertz CT molecular complexity index is 638. The molecule has 3 rings (SSSR count). The summed E-state index contributed by atoms with van der Waals surface area (Å²) in [4.78, 5) is 14.4. The average Bonchev–Trinajstić information content (AvgIpc) is 2.49. The standard InChI is InChI=1S/C18H18ClFN2O/c1-22(18(23)14-10-21-11-14)17(12-2-6-15(19)7-3-12)13-4-8-16(20)9-5-13/h2-9,14,17,21H,10-11H2,1H3. The minimum Gasteiger partial charge on any atom is -0.334 e. The Labute approximate surface area is 140 Å². The average molecular weight is 333 g/mol. The summed E-state index contributed by atoms with van der Waals surface area (Å²) in [5.41, 5.74) is 1.82. The van der Waals surface area contributed by atoms with Crippen molar-refractivity contribution < 1.29 is 9.18 Å². The minimum atomic E-state index is -0.291. The van der Waals surface area contributed by atoms with Gasteiger partial charge in [0.2, 0.25) is 5.91 Å². The van der Waals surface area contributed by atoms with Gasteiger partial charge in [0.1, 0.15) is 5.82 Å². The Morgan fingerprint density at radius 1 is 1.13 bits per heavy atom. The zero-order chi connectivity index (χ0) is 16.4. The predicted molar refractivity (Wildman–Crippen MR) is 88.8 cm³/mol. The van der Waals surface area contributed by atoms with E-state index in [1.807, 2.05) is 12.1 Å². The zero-order valence-corrected chi connectivity index (χ0v) is 13.6. The SMILES string of the molecule is CN(C(=O)C1CNC1)C(c1ccc(F)cc1)c1ccc(Cl)cc1. The second-order valence-corrected chi connectivity index (χ2v) is 6.25. The van der Waals surface area contributed by atoms with Crippen molar-refractivity contribution in [3.63, 3.8) is 0 Å². The van der Waals surface area contributed by atoms with Crippen LogP contribution in [0, 0.1) is 11.7 Å². The Morgan fingerprint density at radius 2 is 1.65 bits per heavy atom. The van der Waals surface area contributed by atoms with Crippen molar-refractivity contribution in [2.75, 3.05) is 20.1 Å². The van der Waals surface area contributed by atoms with Gasteiger partial charge >= 0.3 is 0 Å². The van der Waals surface area contributed by atoms with E-state index in [1.54, 1.807) is 36.2 Å². The highest BCUT2D eigenvalue weighted by atomic mass is 35.5. The molecule has 0 radical (unpaired) electrons. The predicted octanol–water partition coefficient (Wildman–Crippen LogP) is 3.25. The van der Waals surface area contributed by atoms with E-state index in [2.05, 4.69) is 5.32 Å². The van der Waals surface area contributed by atoms with Crippen molar-refractivity contribution in [2.24, 2.45) is 5.92 Å². The van der Waals surface area contributed by atoms with Crippen LogP contribution in [-0.4, -0.2) is 30.9 Å². The van der Waals surface area contributed by atoms with Gasteiger partial charge in [0, 0.05) is 25.2 Å². The van der Waals surface area contributed by atoms with Crippen LogP contribution in [0.25, 0.3) is 0 Å². The molecule has 0 saturated carbocycles. The van der Waals surface area contributed by atoms with E-state index in [0.717, 1.165) is 11.1 Å². The fraction of sp³-hybridized carbons (Fsp3) is 0.278. The number of nitrogens with zero attached hydrogens (tertiary/aromatic N) is 1. The van der Waals surface area contributed by atoms with E-state index in [9.17, 15) is 9.18 Å². The second kappa shape index (κ2) is 6.69. The molecule has 1 aliphatic heterocycles. The first-order valence-electron chi connectivity index (χ1n) is 7.54. The molecule has 1 unspecified atom stereocenters. The van der Waals surface area contributed by atoms with Crippen molar-refractivity contribution in [3.05, 3.63) is 70.5 Å². The smallest absolute Gasteiger partial charge is 0.228 e. The van der Waals surface area contributed by atoms with Crippen LogP contribution in [0.5, 0.6) is 0 Å². The molecule has 120 valence electrons. The van der Waals surface area contributed by atoms with E-state index in [1.165, 1.54) is 12.1 Å². The van der Waals surface area contributed by atoms with Crippen LogP contribution in [0.3, 0.4) is 0 Å². The Kier molecular flexibility index (Phi) is 4.64. The van der Waals surface area contributed by atoms with Gasteiger partial charge in [-0.3, -0.25) is 4.79 Å². The lowest BCUT2D eigenvalue weighted by atomic mass is 9.94. The molecular weight excluding hydrogens is 315 g/mol. The van der Waals surface area contributed by atoms with Crippen molar-refractivity contribution in [3.8, 4) is 0 Å². The third-order valence-electron chi connectivity index (χ3n) is 4.24. The summed E-state index contributed by atoms with van der Waals surface area (Å²) in [6.45, 7) is 1.42. The second-order valence-electron chi connectivity index (χ2n) is 5.81. The topological polar surface area (TPSA) is 32.3 Å². The molecule has 1 saturated heterocycles. The van der Waals surface area contributed by atoms with Crippen molar-refractivity contribution in [2.45, 2.75) is 6.04 Å². The van der Waals surface area contributed by atoms with Crippen LogP contribution in [0.2, 0.25) is 5.02 Å². The molecule has 1 fully saturated rings. The number of amides is 1. The molecule has 5 heteroatoms. The molecule has 1 atom stereocenters. The summed E-state index contributed by atoms with van der Waals surface area (Å²) >= 11 is 5.97. The Balaban J connectivity index is 1.96. The van der Waals surface area contributed by atoms with Crippen LogP contribution < -0.4 is 5.32 Å². The maximum Gasteiger partial charge on any atom is 0.228 e. The lowest BCUT2D eigenvalue weighted by Crippen LogP contribution is -2.51. The number of benzene rings is 2. The molecule has 1 amide bonds. The largest absolute Gasteiger partial charge is 0.334 e. The maximum absolute atomic E-state index is 13.3. The first kappa shape index (κ1) is 16.0. The molecule has 1 aliphatic rings. The number of hydrogen-bond donors (Lipinski definition) is 1. The third-order valence-corrected chi connectivity index (χ3v) is 4.49. The Morgan fingerprint density at radius 3 is 2.13 bits per heavy atom. The molecule has 0 spiro atoms. The van der Waals surface area contributed by atoms with Crippen molar-refractivity contribution in [1.82, 2.24) is 10.2 Å². The summed E-state index contributed by atoms with van der Waals surface area (Å²) in [6.07, 6.45) is 0. The lowest BCUT2D eigenvalue weighted by Gasteiger charge is -2.35. The molecule has 0 aromatic heterocycles. The van der Waals surface area contributed by atoms with Gasteiger partial charge in [-0.1, -0.05) is 35.9 Å². The quantitative estimate of drug-likeness (QED) is 0.932. The molecule has 1 N–H and O–H groups in total. The number of nitrogens with one attached hydrogen (secondary N) is 1. The first-order valence-corrected chi connectivity index (χ1v) is 7.92. The normalized spacial score (nSPS) is 15.8. The summed E-state index contributed by atoms with van der Waals surface area (Å²) in [6, 6.07) is 13.4. The zero-order valence-electron chi connectivity index (χ0n) is 12.8. The van der Waals surface area contributed by atoms with E-state index >= 15 is 0 Å². The molecule has 1 heterocycles. The number of rotatable bonds is 4. The van der Waals surface area contributed by atoms with Crippen molar-refractivity contribution >= 4 is 17.5 Å². The van der Waals surface area contributed by atoms with E-state index in [0.29, 0.717) is 18.1 Å².